The van der Waals surface area contributed by atoms with Crippen molar-refractivity contribution in [3.63, 3.8) is 0 Å². The van der Waals surface area contributed by atoms with Crippen molar-refractivity contribution in [2.75, 3.05) is 24.5 Å². The Morgan fingerprint density at radius 1 is 1.46 bits per heavy atom. The largest absolute Gasteiger partial charge is 0.386 e. The highest BCUT2D eigenvalue weighted by atomic mass is 32.1. The molecule has 3 heterocycles. The zero-order chi connectivity index (χ0) is 17.2. The molecule has 1 aliphatic rings. The molecule has 2 aromatic heterocycles. The van der Waals surface area contributed by atoms with Crippen molar-refractivity contribution in [3.8, 4) is 0 Å². The third-order valence-electron chi connectivity index (χ3n) is 4.12. The molecule has 2 aromatic rings. The van der Waals surface area contributed by atoms with Crippen molar-refractivity contribution >= 4 is 23.1 Å². The number of aliphatic hydroxyl groups is 1. The van der Waals surface area contributed by atoms with E-state index >= 15 is 0 Å². The molecule has 24 heavy (non-hydrogen) atoms. The highest BCUT2D eigenvalue weighted by Crippen LogP contribution is 2.24. The highest BCUT2D eigenvalue weighted by molar-refractivity contribution is 7.13. The Labute approximate surface area is 144 Å². The number of hydrogen-bond acceptors (Lipinski definition) is 7. The van der Waals surface area contributed by atoms with Crippen LogP contribution in [0.5, 0.6) is 0 Å². The van der Waals surface area contributed by atoms with Gasteiger partial charge in [0.1, 0.15) is 10.7 Å². The van der Waals surface area contributed by atoms with Crippen molar-refractivity contribution < 1.29 is 9.90 Å². The van der Waals surface area contributed by atoms with Crippen LogP contribution in [-0.2, 0) is 0 Å². The summed E-state index contributed by atoms with van der Waals surface area (Å²) in [6.45, 7) is 5.15. The van der Waals surface area contributed by atoms with E-state index in [9.17, 15) is 9.90 Å². The Hall–Kier alpha value is -2.06. The Balaban J connectivity index is 1.63. The molecule has 1 unspecified atom stereocenters. The first-order valence-corrected chi connectivity index (χ1v) is 8.74. The molecule has 0 aliphatic carbocycles. The van der Waals surface area contributed by atoms with Crippen LogP contribution >= 0.6 is 11.3 Å². The van der Waals surface area contributed by atoms with Crippen LogP contribution in [0, 0.1) is 13.8 Å². The van der Waals surface area contributed by atoms with E-state index in [1.54, 1.807) is 18.6 Å². The number of aromatic nitrogens is 3. The first-order chi connectivity index (χ1) is 11.5. The summed E-state index contributed by atoms with van der Waals surface area (Å²) in [4.78, 5) is 27.6. The van der Waals surface area contributed by atoms with Crippen LogP contribution in [0.15, 0.2) is 18.6 Å². The minimum atomic E-state index is -0.973. The van der Waals surface area contributed by atoms with Crippen molar-refractivity contribution in [3.05, 3.63) is 34.2 Å². The Bertz CT molecular complexity index is 721. The van der Waals surface area contributed by atoms with Crippen molar-refractivity contribution in [2.24, 2.45) is 0 Å². The number of amides is 1. The van der Waals surface area contributed by atoms with E-state index in [2.05, 4.69) is 20.3 Å². The molecule has 8 heteroatoms. The number of rotatable bonds is 4. The second kappa shape index (κ2) is 6.82. The van der Waals surface area contributed by atoms with Crippen LogP contribution < -0.4 is 10.2 Å². The van der Waals surface area contributed by atoms with Gasteiger partial charge in [0.15, 0.2) is 0 Å². The van der Waals surface area contributed by atoms with E-state index in [1.807, 2.05) is 18.7 Å². The van der Waals surface area contributed by atoms with Crippen molar-refractivity contribution in [2.45, 2.75) is 32.3 Å². The summed E-state index contributed by atoms with van der Waals surface area (Å²) < 4.78 is 0. The summed E-state index contributed by atoms with van der Waals surface area (Å²) in [7, 11) is 0. The fourth-order valence-electron chi connectivity index (χ4n) is 2.97. The molecule has 3 rings (SSSR count). The SMILES string of the molecule is Cc1nc(C)c(C(=O)NCC2(O)CCCN(c3cnccn3)C2)s1. The maximum absolute atomic E-state index is 12.3. The average Bonchev–Trinajstić information content (AvgIpc) is 2.92. The molecule has 2 N–H and O–H groups in total. The number of piperidine rings is 1. The lowest BCUT2D eigenvalue weighted by molar-refractivity contribution is 0.0254. The number of hydrogen-bond donors (Lipinski definition) is 2. The number of β-amino-alcohol motifs (C(OH)–C–C–N with tert-alkyl or cyclic N) is 1. The lowest BCUT2D eigenvalue weighted by Crippen LogP contribution is -2.54. The minimum Gasteiger partial charge on any atom is -0.386 e. The zero-order valence-electron chi connectivity index (χ0n) is 13.8. The molecular weight excluding hydrogens is 326 g/mol. The number of anilines is 1. The van der Waals surface area contributed by atoms with Gasteiger partial charge >= 0.3 is 0 Å². The van der Waals surface area contributed by atoms with Gasteiger partial charge in [-0.2, -0.15) is 0 Å². The Morgan fingerprint density at radius 2 is 2.29 bits per heavy atom. The quantitative estimate of drug-likeness (QED) is 0.866. The molecule has 0 radical (unpaired) electrons. The first kappa shape index (κ1) is 16.8. The minimum absolute atomic E-state index is 0.178. The first-order valence-electron chi connectivity index (χ1n) is 7.92. The van der Waals surface area contributed by atoms with Crippen molar-refractivity contribution in [1.82, 2.24) is 20.3 Å². The molecule has 0 spiro atoms. The van der Waals surface area contributed by atoms with Crippen molar-refractivity contribution in [1.29, 1.82) is 0 Å². The average molecular weight is 347 g/mol. The summed E-state index contributed by atoms with van der Waals surface area (Å²) in [5.74, 6) is 0.569. The Kier molecular flexibility index (Phi) is 4.77. The lowest BCUT2D eigenvalue weighted by Gasteiger charge is -2.39. The molecule has 0 saturated carbocycles. The van der Waals surface area contributed by atoms with Crippen LogP contribution in [0.2, 0.25) is 0 Å². The van der Waals surface area contributed by atoms with Gasteiger partial charge in [-0.05, 0) is 26.7 Å². The molecule has 7 nitrogen and oxygen atoms in total. The van der Waals surface area contributed by atoms with E-state index in [-0.39, 0.29) is 12.5 Å². The number of carbonyl (C=O) groups is 1. The van der Waals surface area contributed by atoms with E-state index in [1.165, 1.54) is 11.3 Å². The number of carbonyl (C=O) groups excluding carboxylic acids is 1. The predicted molar refractivity (Wildman–Crippen MR) is 92.4 cm³/mol. The molecule has 128 valence electrons. The maximum atomic E-state index is 12.3. The standard InChI is InChI=1S/C16H21N5O2S/c1-11-14(24-12(2)20-11)15(22)19-9-16(23)4-3-7-21(10-16)13-8-17-5-6-18-13/h5-6,8,23H,3-4,7,9-10H2,1-2H3,(H,19,22). The van der Waals surface area contributed by atoms with Gasteiger partial charge in [0.2, 0.25) is 0 Å². The smallest absolute Gasteiger partial charge is 0.263 e. The maximum Gasteiger partial charge on any atom is 0.263 e. The molecular formula is C16H21N5O2S. The number of aryl methyl sites for hydroxylation is 2. The van der Waals surface area contributed by atoms with Crippen LogP contribution in [0.3, 0.4) is 0 Å². The lowest BCUT2D eigenvalue weighted by atomic mass is 9.92. The van der Waals surface area contributed by atoms with Crippen LogP contribution in [-0.4, -0.2) is 51.2 Å². The van der Waals surface area contributed by atoms with E-state index in [4.69, 9.17) is 0 Å². The number of nitrogens with one attached hydrogen (secondary N) is 1. The van der Waals surface area contributed by atoms with Gasteiger partial charge in [0.25, 0.3) is 5.91 Å². The third kappa shape index (κ3) is 3.70. The topological polar surface area (TPSA) is 91.2 Å². The normalized spacial score (nSPS) is 20.9. The second-order valence-corrected chi connectivity index (χ2v) is 7.35. The van der Waals surface area contributed by atoms with E-state index < -0.39 is 5.60 Å². The van der Waals surface area contributed by atoms with Gasteiger partial charge in [0, 0.05) is 32.0 Å². The molecule has 1 atom stereocenters. The van der Waals surface area contributed by atoms with E-state index in [0.29, 0.717) is 17.8 Å². The van der Waals surface area contributed by atoms with Gasteiger partial charge in [0.05, 0.1) is 22.5 Å². The van der Waals surface area contributed by atoms with Gasteiger partial charge < -0.3 is 15.3 Å². The molecule has 1 saturated heterocycles. The fraction of sp³-hybridized carbons (Fsp3) is 0.500. The molecule has 0 aromatic carbocycles. The molecule has 1 aliphatic heterocycles. The molecule has 1 amide bonds. The number of nitrogens with zero attached hydrogens (tertiary/aromatic N) is 4. The van der Waals surface area contributed by atoms with E-state index in [0.717, 1.165) is 29.5 Å². The van der Waals surface area contributed by atoms with Gasteiger partial charge in [-0.15, -0.1) is 11.3 Å². The summed E-state index contributed by atoms with van der Waals surface area (Å²) in [5.41, 5.74) is -0.245. The van der Waals surface area contributed by atoms with Crippen LogP contribution in [0.25, 0.3) is 0 Å². The van der Waals surface area contributed by atoms with Crippen LogP contribution in [0.1, 0.15) is 33.2 Å². The summed E-state index contributed by atoms with van der Waals surface area (Å²) in [5, 5.41) is 14.6. The summed E-state index contributed by atoms with van der Waals surface area (Å²) in [6.07, 6.45) is 6.43. The molecule has 1 fully saturated rings. The summed E-state index contributed by atoms with van der Waals surface area (Å²) >= 11 is 1.37. The van der Waals surface area contributed by atoms with Gasteiger partial charge in [-0.25, -0.2) is 9.97 Å². The fourth-order valence-corrected chi connectivity index (χ4v) is 3.81. The highest BCUT2D eigenvalue weighted by Gasteiger charge is 2.34. The second-order valence-electron chi connectivity index (χ2n) is 6.14. The predicted octanol–water partition coefficient (Wildman–Crippen LogP) is 1.31. The molecule has 0 bridgehead atoms. The third-order valence-corrected chi connectivity index (χ3v) is 5.19. The van der Waals surface area contributed by atoms with Crippen LogP contribution in [0.4, 0.5) is 5.82 Å². The van der Waals surface area contributed by atoms with Gasteiger partial charge in [-0.1, -0.05) is 0 Å². The Morgan fingerprint density at radius 3 is 2.96 bits per heavy atom. The number of thiazole rings is 1. The monoisotopic (exact) mass is 347 g/mol. The summed E-state index contributed by atoms with van der Waals surface area (Å²) in [6, 6.07) is 0. The van der Waals surface area contributed by atoms with Gasteiger partial charge in [-0.3, -0.25) is 9.78 Å². The zero-order valence-corrected chi connectivity index (χ0v) is 14.6.